The predicted molar refractivity (Wildman–Crippen MR) is 86.9 cm³/mol. The summed E-state index contributed by atoms with van der Waals surface area (Å²) in [4.78, 5) is 12.3. The zero-order valence-electron chi connectivity index (χ0n) is 13.0. The van der Waals surface area contributed by atoms with Gasteiger partial charge in [-0.3, -0.25) is 4.79 Å². The van der Waals surface area contributed by atoms with Crippen LogP contribution in [-0.4, -0.2) is 13.0 Å². The molecule has 0 aliphatic rings. The van der Waals surface area contributed by atoms with E-state index in [0.29, 0.717) is 6.54 Å². The average molecular weight is 274 g/mol. The van der Waals surface area contributed by atoms with E-state index in [1.165, 1.54) is 50.5 Å². The van der Waals surface area contributed by atoms with Gasteiger partial charge in [0.1, 0.15) is 0 Å². The van der Waals surface area contributed by atoms with Gasteiger partial charge in [-0.15, -0.1) is 0 Å². The van der Waals surface area contributed by atoms with Gasteiger partial charge in [-0.1, -0.05) is 57.6 Å². The highest BCUT2D eigenvalue weighted by molar-refractivity contribution is 5.75. The molecule has 0 aromatic heterocycles. The monoisotopic (exact) mass is 274 g/mol. The smallest absolute Gasteiger partial charge is 0.304 e. The van der Waals surface area contributed by atoms with Crippen molar-refractivity contribution in [3.05, 3.63) is 29.8 Å². The van der Waals surface area contributed by atoms with Crippen LogP contribution in [0.3, 0.4) is 0 Å². The molecule has 0 saturated heterocycles. The summed E-state index contributed by atoms with van der Waals surface area (Å²) >= 11 is 0. The van der Waals surface area contributed by atoms with E-state index < -0.39 is 0 Å². The van der Waals surface area contributed by atoms with Gasteiger partial charge in [0, 0.05) is 12.2 Å². The van der Waals surface area contributed by atoms with Crippen molar-refractivity contribution in [2.24, 2.45) is 0 Å². The lowest BCUT2D eigenvalue weighted by atomic mass is 10.0. The molecule has 0 unspecified atom stereocenters. The van der Waals surface area contributed by atoms with Crippen LogP contribution in [-0.2, 0) is 11.2 Å². The summed E-state index contributed by atoms with van der Waals surface area (Å²) in [5.41, 5.74) is 2.30. The zero-order chi connectivity index (χ0) is 14.6. The molecule has 1 aromatic rings. The van der Waals surface area contributed by atoms with Crippen molar-refractivity contribution in [3.8, 4) is 0 Å². The number of aryl methyl sites for hydroxylation is 1. The molecule has 0 atom stereocenters. The molecule has 0 aliphatic heterocycles. The standard InChI is InChI=1S/C18H28NO/c1-3-5-6-7-8-9-10-11-17-12-14-18(15-13-17)19(4-2)16-20/h12-15H,3-11H2,1-2H3. The molecule has 1 aromatic carbocycles. The van der Waals surface area contributed by atoms with Crippen molar-refractivity contribution < 1.29 is 4.79 Å². The summed E-state index contributed by atoms with van der Waals surface area (Å²) in [6.07, 6.45) is 12.5. The third-order valence-corrected chi connectivity index (χ3v) is 3.74. The molecule has 2 nitrogen and oxygen atoms in total. The van der Waals surface area contributed by atoms with Crippen molar-refractivity contribution in [1.29, 1.82) is 0 Å². The van der Waals surface area contributed by atoms with Gasteiger partial charge in [-0.25, -0.2) is 0 Å². The molecule has 1 amide bonds. The topological polar surface area (TPSA) is 20.3 Å². The van der Waals surface area contributed by atoms with Crippen molar-refractivity contribution in [1.82, 2.24) is 0 Å². The highest BCUT2D eigenvalue weighted by Gasteiger charge is 2.03. The molecular weight excluding hydrogens is 246 g/mol. The van der Waals surface area contributed by atoms with Crippen LogP contribution in [0.15, 0.2) is 24.3 Å². The van der Waals surface area contributed by atoms with Crippen LogP contribution in [0.25, 0.3) is 0 Å². The normalized spacial score (nSPS) is 10.5. The number of benzene rings is 1. The fourth-order valence-corrected chi connectivity index (χ4v) is 2.43. The first-order chi connectivity index (χ1) is 9.81. The second kappa shape index (κ2) is 10.5. The molecule has 0 saturated carbocycles. The van der Waals surface area contributed by atoms with Gasteiger partial charge in [0.2, 0.25) is 0 Å². The van der Waals surface area contributed by atoms with E-state index in [2.05, 4.69) is 19.1 Å². The zero-order valence-corrected chi connectivity index (χ0v) is 13.0. The number of carbonyl (C=O) groups excluding carboxylic acids is 1. The average Bonchev–Trinajstić information content (AvgIpc) is 2.49. The lowest BCUT2D eigenvalue weighted by Gasteiger charge is -2.13. The molecule has 1 radical (unpaired) electrons. The van der Waals surface area contributed by atoms with E-state index in [1.54, 1.807) is 4.90 Å². The number of amides is 1. The van der Waals surface area contributed by atoms with Crippen molar-refractivity contribution in [2.45, 2.75) is 65.2 Å². The van der Waals surface area contributed by atoms with E-state index >= 15 is 0 Å². The van der Waals surface area contributed by atoms with Gasteiger partial charge >= 0.3 is 6.41 Å². The van der Waals surface area contributed by atoms with E-state index in [0.717, 1.165) is 12.1 Å². The lowest BCUT2D eigenvalue weighted by Crippen LogP contribution is -2.19. The number of hydrogen-bond acceptors (Lipinski definition) is 1. The Morgan fingerprint density at radius 3 is 2.05 bits per heavy atom. The Balaban J connectivity index is 2.23. The number of nitrogens with zero attached hydrogens (tertiary/aromatic N) is 1. The first-order valence-electron chi connectivity index (χ1n) is 8.06. The lowest BCUT2D eigenvalue weighted by molar-refractivity contribution is 0.552. The summed E-state index contributed by atoms with van der Waals surface area (Å²) in [6.45, 7) is 4.88. The second-order valence-electron chi connectivity index (χ2n) is 5.37. The van der Waals surface area contributed by atoms with Gasteiger partial charge in [0.15, 0.2) is 0 Å². The Labute approximate surface area is 124 Å². The summed E-state index contributed by atoms with van der Waals surface area (Å²) in [5, 5.41) is 0. The molecule has 0 heterocycles. The van der Waals surface area contributed by atoms with Gasteiger partial charge in [-0.2, -0.15) is 0 Å². The Bertz CT molecular complexity index is 358. The van der Waals surface area contributed by atoms with E-state index in [9.17, 15) is 4.79 Å². The third kappa shape index (κ3) is 6.23. The minimum atomic E-state index is 0.667. The van der Waals surface area contributed by atoms with Crippen molar-refractivity contribution in [3.63, 3.8) is 0 Å². The Morgan fingerprint density at radius 2 is 1.50 bits per heavy atom. The van der Waals surface area contributed by atoms with Gasteiger partial charge < -0.3 is 4.90 Å². The van der Waals surface area contributed by atoms with Crippen LogP contribution in [0.1, 0.15) is 64.4 Å². The summed E-state index contributed by atoms with van der Waals surface area (Å²) < 4.78 is 0. The van der Waals surface area contributed by atoms with Gasteiger partial charge in [0.25, 0.3) is 0 Å². The number of hydrogen-bond donors (Lipinski definition) is 0. The minimum Gasteiger partial charge on any atom is -0.304 e. The van der Waals surface area contributed by atoms with Crippen LogP contribution in [0.2, 0.25) is 0 Å². The summed E-state index contributed by atoms with van der Waals surface area (Å²) in [7, 11) is 0. The molecule has 0 spiro atoms. The molecule has 111 valence electrons. The number of rotatable bonds is 11. The molecule has 20 heavy (non-hydrogen) atoms. The van der Waals surface area contributed by atoms with Crippen LogP contribution in [0, 0.1) is 0 Å². The largest absolute Gasteiger partial charge is 0.316 e. The van der Waals surface area contributed by atoms with Crippen molar-refractivity contribution in [2.75, 3.05) is 11.4 Å². The number of unbranched alkanes of at least 4 members (excludes halogenated alkanes) is 6. The maximum atomic E-state index is 10.7. The third-order valence-electron chi connectivity index (χ3n) is 3.74. The fourth-order valence-electron chi connectivity index (χ4n) is 2.43. The highest BCUT2D eigenvalue weighted by atomic mass is 16.1. The van der Waals surface area contributed by atoms with Crippen LogP contribution < -0.4 is 4.90 Å². The minimum absolute atomic E-state index is 0.667. The van der Waals surface area contributed by atoms with Gasteiger partial charge in [-0.05, 0) is 37.5 Å². The fraction of sp³-hybridized carbons (Fsp3) is 0.611. The van der Waals surface area contributed by atoms with E-state index in [-0.39, 0.29) is 0 Å². The molecule has 0 N–H and O–H groups in total. The van der Waals surface area contributed by atoms with E-state index in [1.807, 2.05) is 25.5 Å². The first-order valence-corrected chi connectivity index (χ1v) is 8.06. The molecule has 0 bridgehead atoms. The van der Waals surface area contributed by atoms with Crippen LogP contribution in [0.4, 0.5) is 5.69 Å². The molecule has 2 heteroatoms. The van der Waals surface area contributed by atoms with Gasteiger partial charge in [0.05, 0.1) is 0 Å². The Kier molecular flexibility index (Phi) is 8.77. The molecule has 0 aliphatic carbocycles. The Morgan fingerprint density at radius 1 is 0.900 bits per heavy atom. The summed E-state index contributed by atoms with van der Waals surface area (Å²) in [5.74, 6) is 0. The Hall–Kier alpha value is -1.31. The predicted octanol–water partition coefficient (Wildman–Crippen LogP) is 4.87. The second-order valence-corrected chi connectivity index (χ2v) is 5.37. The quantitative estimate of drug-likeness (QED) is 0.416. The highest BCUT2D eigenvalue weighted by Crippen LogP contribution is 2.16. The molecule has 1 rings (SSSR count). The molecule has 0 fully saturated rings. The molecular formula is C18H28NO. The number of anilines is 1. The first kappa shape index (κ1) is 16.7. The van der Waals surface area contributed by atoms with E-state index in [4.69, 9.17) is 0 Å². The SMILES string of the molecule is CCCCCCCCCc1ccc(N([C]=O)CC)cc1. The van der Waals surface area contributed by atoms with Crippen molar-refractivity contribution >= 4 is 12.1 Å². The van der Waals surface area contributed by atoms with Crippen LogP contribution >= 0.6 is 0 Å². The summed E-state index contributed by atoms with van der Waals surface area (Å²) in [6, 6.07) is 8.30. The van der Waals surface area contributed by atoms with Crippen LogP contribution in [0.5, 0.6) is 0 Å². The maximum absolute atomic E-state index is 10.7. The maximum Gasteiger partial charge on any atom is 0.316 e.